The van der Waals surface area contributed by atoms with E-state index in [1.165, 1.54) is 48.9 Å². The fourth-order valence-corrected chi connectivity index (χ4v) is 8.37. The number of sulfone groups is 1. The van der Waals surface area contributed by atoms with E-state index in [-0.39, 0.29) is 54.4 Å². The molecule has 13 heteroatoms. The van der Waals surface area contributed by atoms with Crippen molar-refractivity contribution in [2.24, 2.45) is 12.5 Å². The second kappa shape index (κ2) is 13.1. The number of aliphatic carboxylic acids is 1. The quantitative estimate of drug-likeness (QED) is 0.197. The normalized spacial score (nSPS) is 20.2. The van der Waals surface area contributed by atoms with E-state index in [4.69, 9.17) is 9.72 Å². The van der Waals surface area contributed by atoms with Crippen molar-refractivity contribution in [1.82, 2.24) is 19.7 Å². The molecule has 3 aromatic carbocycles. The van der Waals surface area contributed by atoms with E-state index in [2.05, 4.69) is 10.1 Å². The topological polar surface area (TPSA) is 127 Å². The predicted octanol–water partition coefficient (Wildman–Crippen LogP) is 7.60. The summed E-state index contributed by atoms with van der Waals surface area (Å²) < 4.78 is 81.9. The number of aromatic amines is 1. The number of benzene rings is 3. The van der Waals surface area contributed by atoms with E-state index in [1.54, 1.807) is 44.4 Å². The van der Waals surface area contributed by atoms with Gasteiger partial charge in [-0.05, 0) is 61.6 Å². The molecule has 0 saturated heterocycles. The van der Waals surface area contributed by atoms with Gasteiger partial charge in [-0.25, -0.2) is 31.3 Å². The Morgan fingerprint density at radius 3 is 2.60 bits per heavy atom. The number of ether oxygens (including phenoxy) is 1. The molecule has 0 spiro atoms. The van der Waals surface area contributed by atoms with Crippen LogP contribution in [0.15, 0.2) is 72.7 Å². The fourth-order valence-electron chi connectivity index (χ4n) is 6.47. The minimum absolute atomic E-state index is 0.00208. The van der Waals surface area contributed by atoms with Crippen molar-refractivity contribution in [3.63, 3.8) is 0 Å². The Morgan fingerprint density at radius 2 is 1.84 bits per heavy atom. The Labute approximate surface area is 287 Å². The number of rotatable bonds is 4. The third-order valence-corrected chi connectivity index (χ3v) is 11.3. The molecule has 0 amide bonds. The average Bonchev–Trinajstić information content (AvgIpc) is 3.68. The lowest BCUT2D eigenvalue weighted by atomic mass is 9.77. The summed E-state index contributed by atoms with van der Waals surface area (Å²) in [5, 5.41) is 14.5. The standard InChI is InChI=1S/C37H37F3N4O5S/c1-36(2)21-50(47,48)17-14-26-25-13-16-41-30(25)20-29(39)33(26)49-24-9-10-28(38)27(19-24)34-42-35(43-44(34)4)37(3,15-12-31(36)40)23-7-5-6-22(18-23)8-11-32(45)46/h5-7,9-10,12-13,16,18-20,41H,8,11,14-15,17,21H2,1-4H3,(H,45,46)/b31-12+. The number of fused-ring (bicyclic) bond motifs is 8. The molecular weight excluding hydrogens is 669 g/mol. The summed E-state index contributed by atoms with van der Waals surface area (Å²) in [4.78, 5) is 19.0. The van der Waals surface area contributed by atoms with Gasteiger partial charge in [-0.15, -0.1) is 0 Å². The van der Waals surface area contributed by atoms with Gasteiger partial charge in [0.15, 0.2) is 33.1 Å². The number of aromatic nitrogens is 4. The van der Waals surface area contributed by atoms with Crippen molar-refractivity contribution in [2.45, 2.75) is 51.9 Å². The van der Waals surface area contributed by atoms with Crippen LogP contribution < -0.4 is 4.74 Å². The maximum atomic E-state index is 16.2. The largest absolute Gasteiger partial charge is 0.481 e. The number of hydrogen-bond acceptors (Lipinski definition) is 6. The number of aryl methyl sites for hydroxylation is 3. The van der Waals surface area contributed by atoms with Crippen LogP contribution in [0, 0.1) is 17.0 Å². The van der Waals surface area contributed by atoms with E-state index >= 15 is 13.2 Å². The Balaban J connectivity index is 1.55. The molecule has 4 bridgehead atoms. The van der Waals surface area contributed by atoms with Crippen LogP contribution in [0.4, 0.5) is 13.2 Å². The van der Waals surface area contributed by atoms with Gasteiger partial charge in [0.1, 0.15) is 17.4 Å². The van der Waals surface area contributed by atoms with Gasteiger partial charge in [0.05, 0.1) is 22.5 Å². The third kappa shape index (κ3) is 6.91. The second-order valence-corrected chi connectivity index (χ2v) is 15.8. The molecule has 2 aromatic heterocycles. The molecule has 5 aromatic rings. The van der Waals surface area contributed by atoms with Crippen molar-refractivity contribution in [1.29, 1.82) is 0 Å². The summed E-state index contributed by atoms with van der Waals surface area (Å²) in [6.07, 6.45) is 2.98. The number of hydrogen-bond donors (Lipinski definition) is 2. The van der Waals surface area contributed by atoms with Crippen molar-refractivity contribution >= 4 is 26.7 Å². The zero-order valence-corrected chi connectivity index (χ0v) is 28.9. The number of H-pyrrole nitrogens is 1. The van der Waals surface area contributed by atoms with Gasteiger partial charge in [-0.1, -0.05) is 44.2 Å². The number of halogens is 3. The van der Waals surface area contributed by atoms with E-state index in [0.29, 0.717) is 22.0 Å². The van der Waals surface area contributed by atoms with Gasteiger partial charge < -0.3 is 14.8 Å². The molecule has 1 atom stereocenters. The summed E-state index contributed by atoms with van der Waals surface area (Å²) in [6, 6.07) is 14.0. The Hall–Kier alpha value is -4.91. The van der Waals surface area contributed by atoms with Gasteiger partial charge in [0, 0.05) is 47.6 Å². The lowest BCUT2D eigenvalue weighted by Gasteiger charge is -2.28. The third-order valence-electron chi connectivity index (χ3n) is 9.29. The molecule has 0 radical (unpaired) electrons. The van der Waals surface area contributed by atoms with Gasteiger partial charge in [0.25, 0.3) is 0 Å². The molecule has 0 saturated carbocycles. The smallest absolute Gasteiger partial charge is 0.303 e. The van der Waals surface area contributed by atoms with E-state index < -0.39 is 55.6 Å². The maximum Gasteiger partial charge on any atom is 0.303 e. The number of allylic oxidation sites excluding steroid dienone is 2. The van der Waals surface area contributed by atoms with Crippen molar-refractivity contribution in [2.75, 3.05) is 11.5 Å². The zero-order valence-electron chi connectivity index (χ0n) is 28.1. The molecule has 1 aliphatic heterocycles. The molecule has 0 fully saturated rings. The Kier molecular flexibility index (Phi) is 9.14. The lowest BCUT2D eigenvalue weighted by Crippen LogP contribution is -2.29. The molecule has 262 valence electrons. The highest BCUT2D eigenvalue weighted by Crippen LogP contribution is 2.41. The van der Waals surface area contributed by atoms with Gasteiger partial charge in [0.2, 0.25) is 0 Å². The Bertz CT molecular complexity index is 2260. The first-order valence-electron chi connectivity index (χ1n) is 16.1. The highest BCUT2D eigenvalue weighted by atomic mass is 32.2. The SMILES string of the molecule is Cn1nc2nc1-c1cc(ccc1F)Oc1c(F)cc3[nH]ccc3c1CCS(=O)(=O)CC(C)(C)/C(F)=C\CC2(C)c1cccc(CCC(=O)O)c1. The Morgan fingerprint density at radius 1 is 1.06 bits per heavy atom. The van der Waals surface area contributed by atoms with Gasteiger partial charge in [-0.3, -0.25) is 4.79 Å². The van der Waals surface area contributed by atoms with Crippen LogP contribution in [0.25, 0.3) is 22.3 Å². The number of carbonyl (C=O) groups is 1. The van der Waals surface area contributed by atoms with Gasteiger partial charge in [-0.2, -0.15) is 5.10 Å². The summed E-state index contributed by atoms with van der Waals surface area (Å²) in [7, 11) is -2.31. The summed E-state index contributed by atoms with van der Waals surface area (Å²) in [5.74, 6) is -3.68. The van der Waals surface area contributed by atoms with Gasteiger partial charge >= 0.3 is 5.97 Å². The average molecular weight is 707 g/mol. The summed E-state index contributed by atoms with van der Waals surface area (Å²) in [5.41, 5.74) is -0.407. The second-order valence-electron chi connectivity index (χ2n) is 13.6. The van der Waals surface area contributed by atoms with Crippen LogP contribution in [0.2, 0.25) is 0 Å². The summed E-state index contributed by atoms with van der Waals surface area (Å²) >= 11 is 0. The molecule has 3 heterocycles. The van der Waals surface area contributed by atoms with E-state index in [0.717, 1.165) is 5.56 Å². The van der Waals surface area contributed by atoms with Crippen LogP contribution in [-0.2, 0) is 39.9 Å². The molecule has 9 nitrogen and oxygen atoms in total. The van der Waals surface area contributed by atoms with Crippen LogP contribution >= 0.6 is 0 Å². The highest BCUT2D eigenvalue weighted by molar-refractivity contribution is 7.91. The maximum absolute atomic E-state index is 16.2. The number of nitrogens with one attached hydrogen (secondary N) is 1. The monoisotopic (exact) mass is 706 g/mol. The minimum atomic E-state index is -3.90. The van der Waals surface area contributed by atoms with Crippen molar-refractivity contribution < 1.29 is 36.2 Å². The van der Waals surface area contributed by atoms with Crippen LogP contribution in [-0.4, -0.2) is 50.7 Å². The lowest BCUT2D eigenvalue weighted by molar-refractivity contribution is -0.136. The molecular formula is C37H37F3N4O5S. The van der Waals surface area contributed by atoms with Crippen LogP contribution in [0.3, 0.4) is 0 Å². The van der Waals surface area contributed by atoms with Crippen molar-refractivity contribution in [3.8, 4) is 22.9 Å². The number of nitrogens with zero attached hydrogens (tertiary/aromatic N) is 3. The first-order valence-corrected chi connectivity index (χ1v) is 17.9. The molecule has 1 unspecified atom stereocenters. The fraction of sp³-hybridized carbons (Fsp3) is 0.324. The molecule has 50 heavy (non-hydrogen) atoms. The number of carboxylic acid groups (broad SMARTS) is 1. The first kappa shape index (κ1) is 34.9. The molecule has 2 N–H and O–H groups in total. The molecule has 6 rings (SSSR count). The first-order chi connectivity index (χ1) is 23.6. The number of carboxylic acids is 1. The molecule has 1 aliphatic rings. The van der Waals surface area contributed by atoms with Crippen LogP contribution in [0.5, 0.6) is 11.5 Å². The summed E-state index contributed by atoms with van der Waals surface area (Å²) in [6.45, 7) is 4.81. The molecule has 0 aliphatic carbocycles. The predicted molar refractivity (Wildman–Crippen MR) is 184 cm³/mol. The zero-order chi connectivity index (χ0) is 36.0. The highest BCUT2D eigenvalue weighted by Gasteiger charge is 2.37. The van der Waals surface area contributed by atoms with Crippen LogP contribution in [0.1, 0.15) is 56.1 Å². The van der Waals surface area contributed by atoms with E-state index in [9.17, 15) is 18.3 Å². The van der Waals surface area contributed by atoms with E-state index in [1.807, 2.05) is 6.07 Å². The van der Waals surface area contributed by atoms with Crippen molar-refractivity contribution in [3.05, 3.63) is 107 Å². The minimum Gasteiger partial charge on any atom is -0.481 e.